The summed E-state index contributed by atoms with van der Waals surface area (Å²) in [5.41, 5.74) is 2.21. The number of carbonyl (C=O) groups is 1. The van der Waals surface area contributed by atoms with E-state index in [4.69, 9.17) is 5.11 Å². The number of para-hydroxylation sites is 1. The first-order valence-corrected chi connectivity index (χ1v) is 7.02. The van der Waals surface area contributed by atoms with Gasteiger partial charge in [0.2, 0.25) is 5.91 Å². The molecule has 1 amide bonds. The van der Waals surface area contributed by atoms with Crippen LogP contribution in [-0.2, 0) is 4.79 Å². The van der Waals surface area contributed by atoms with Crippen molar-refractivity contribution in [1.82, 2.24) is 4.90 Å². The summed E-state index contributed by atoms with van der Waals surface area (Å²) in [6.45, 7) is 2.51. The van der Waals surface area contributed by atoms with E-state index >= 15 is 0 Å². The molecule has 3 rings (SSSR count). The van der Waals surface area contributed by atoms with Crippen LogP contribution in [0.15, 0.2) is 24.3 Å². The molecule has 1 atom stereocenters. The number of rotatable bonds is 2. The van der Waals surface area contributed by atoms with Crippen LogP contribution in [0.1, 0.15) is 24.3 Å². The molecule has 4 heteroatoms. The highest BCUT2D eigenvalue weighted by atomic mass is 16.3. The van der Waals surface area contributed by atoms with Crippen molar-refractivity contribution < 1.29 is 9.90 Å². The number of aliphatic hydroxyl groups is 1. The Kier molecular flexibility index (Phi) is 3.42. The fourth-order valence-corrected chi connectivity index (χ4v) is 3.06. The van der Waals surface area contributed by atoms with Crippen LogP contribution in [0.4, 0.5) is 5.69 Å². The average molecular weight is 260 g/mol. The molecule has 19 heavy (non-hydrogen) atoms. The number of fused-ring (bicyclic) bond motifs is 1. The molecule has 1 unspecified atom stereocenters. The number of piperidine rings is 1. The van der Waals surface area contributed by atoms with Gasteiger partial charge in [-0.05, 0) is 30.4 Å². The molecule has 1 fully saturated rings. The Morgan fingerprint density at radius 1 is 1.32 bits per heavy atom. The van der Waals surface area contributed by atoms with E-state index < -0.39 is 0 Å². The summed E-state index contributed by atoms with van der Waals surface area (Å²) < 4.78 is 0. The molecule has 2 aliphatic rings. The van der Waals surface area contributed by atoms with Gasteiger partial charge in [0.05, 0.1) is 5.92 Å². The van der Waals surface area contributed by atoms with Crippen LogP contribution in [-0.4, -0.2) is 42.2 Å². The Bertz CT molecular complexity index is 467. The minimum Gasteiger partial charge on any atom is -0.396 e. The first-order valence-electron chi connectivity index (χ1n) is 7.02. The largest absolute Gasteiger partial charge is 0.396 e. The van der Waals surface area contributed by atoms with Crippen LogP contribution >= 0.6 is 0 Å². The van der Waals surface area contributed by atoms with E-state index in [0.29, 0.717) is 12.5 Å². The number of amides is 1. The number of hydrogen-bond acceptors (Lipinski definition) is 3. The van der Waals surface area contributed by atoms with E-state index in [-0.39, 0.29) is 18.4 Å². The number of hydrogen-bond donors (Lipinski definition) is 2. The number of aliphatic hydroxyl groups excluding tert-OH is 1. The molecule has 0 spiro atoms. The van der Waals surface area contributed by atoms with Gasteiger partial charge in [0.15, 0.2) is 0 Å². The zero-order valence-corrected chi connectivity index (χ0v) is 11.0. The van der Waals surface area contributed by atoms with E-state index in [9.17, 15) is 4.79 Å². The van der Waals surface area contributed by atoms with Crippen LogP contribution in [0.5, 0.6) is 0 Å². The number of carbonyl (C=O) groups excluding carboxylic acids is 1. The van der Waals surface area contributed by atoms with Crippen molar-refractivity contribution in [3.05, 3.63) is 29.8 Å². The van der Waals surface area contributed by atoms with Gasteiger partial charge in [-0.1, -0.05) is 18.2 Å². The monoisotopic (exact) mass is 260 g/mol. The molecule has 0 radical (unpaired) electrons. The third kappa shape index (κ3) is 2.32. The average Bonchev–Trinajstić information content (AvgIpc) is 2.90. The lowest BCUT2D eigenvalue weighted by molar-refractivity contribution is -0.134. The second kappa shape index (κ2) is 5.21. The van der Waals surface area contributed by atoms with Crippen LogP contribution in [0.2, 0.25) is 0 Å². The molecular weight excluding hydrogens is 240 g/mol. The maximum atomic E-state index is 12.6. The molecule has 1 saturated heterocycles. The SMILES string of the molecule is O=C(C1CNc2ccccc21)N1CCC(CO)CC1. The van der Waals surface area contributed by atoms with Gasteiger partial charge in [-0.25, -0.2) is 0 Å². The van der Waals surface area contributed by atoms with Crippen molar-refractivity contribution in [3.63, 3.8) is 0 Å². The molecule has 0 saturated carbocycles. The van der Waals surface area contributed by atoms with Gasteiger partial charge in [-0.2, -0.15) is 0 Å². The van der Waals surface area contributed by atoms with Gasteiger partial charge < -0.3 is 15.3 Å². The summed E-state index contributed by atoms with van der Waals surface area (Å²) in [5, 5.41) is 12.4. The highest BCUT2D eigenvalue weighted by Gasteiger charge is 2.33. The van der Waals surface area contributed by atoms with Gasteiger partial charge in [-0.15, -0.1) is 0 Å². The van der Waals surface area contributed by atoms with Crippen molar-refractivity contribution in [3.8, 4) is 0 Å². The van der Waals surface area contributed by atoms with E-state index in [2.05, 4.69) is 5.32 Å². The summed E-state index contributed by atoms with van der Waals surface area (Å²) in [5.74, 6) is 0.564. The summed E-state index contributed by atoms with van der Waals surface area (Å²) in [4.78, 5) is 14.5. The summed E-state index contributed by atoms with van der Waals surface area (Å²) in [6, 6.07) is 8.05. The number of nitrogens with one attached hydrogen (secondary N) is 1. The highest BCUT2D eigenvalue weighted by molar-refractivity contribution is 5.88. The van der Waals surface area contributed by atoms with Crippen molar-refractivity contribution >= 4 is 11.6 Å². The van der Waals surface area contributed by atoms with Gasteiger partial charge in [-0.3, -0.25) is 4.79 Å². The molecule has 0 aromatic heterocycles. The molecule has 1 aromatic carbocycles. The van der Waals surface area contributed by atoms with Crippen LogP contribution < -0.4 is 5.32 Å². The van der Waals surface area contributed by atoms with Gasteiger partial charge >= 0.3 is 0 Å². The lowest BCUT2D eigenvalue weighted by atomic mass is 9.95. The van der Waals surface area contributed by atoms with Crippen LogP contribution in [0, 0.1) is 5.92 Å². The fraction of sp³-hybridized carbons (Fsp3) is 0.533. The Balaban J connectivity index is 1.69. The minimum absolute atomic E-state index is 0.0399. The van der Waals surface area contributed by atoms with Crippen molar-refractivity contribution in [2.45, 2.75) is 18.8 Å². The first-order chi connectivity index (χ1) is 9.29. The summed E-state index contributed by atoms with van der Waals surface area (Å²) in [6.07, 6.45) is 1.84. The topological polar surface area (TPSA) is 52.6 Å². The Morgan fingerprint density at radius 2 is 2.05 bits per heavy atom. The van der Waals surface area contributed by atoms with E-state index in [1.54, 1.807) is 0 Å². The fourth-order valence-electron chi connectivity index (χ4n) is 3.06. The summed E-state index contributed by atoms with van der Waals surface area (Å²) in [7, 11) is 0. The molecule has 4 nitrogen and oxygen atoms in total. The molecule has 0 aliphatic carbocycles. The maximum absolute atomic E-state index is 12.6. The second-order valence-corrected chi connectivity index (χ2v) is 5.47. The molecule has 2 aliphatic heterocycles. The smallest absolute Gasteiger partial charge is 0.231 e. The third-order valence-corrected chi connectivity index (χ3v) is 4.32. The zero-order valence-electron chi connectivity index (χ0n) is 11.0. The van der Waals surface area contributed by atoms with E-state index in [0.717, 1.165) is 37.2 Å². The minimum atomic E-state index is -0.0399. The lowest BCUT2D eigenvalue weighted by Crippen LogP contribution is -2.42. The molecule has 102 valence electrons. The molecule has 2 heterocycles. The normalized spacial score (nSPS) is 23.0. The van der Waals surface area contributed by atoms with Crippen molar-refractivity contribution in [1.29, 1.82) is 0 Å². The maximum Gasteiger partial charge on any atom is 0.231 e. The predicted octanol–water partition coefficient (Wildman–Crippen LogP) is 1.43. The van der Waals surface area contributed by atoms with Crippen LogP contribution in [0.3, 0.4) is 0 Å². The number of benzene rings is 1. The molecule has 0 bridgehead atoms. The highest BCUT2D eigenvalue weighted by Crippen LogP contribution is 2.33. The van der Waals surface area contributed by atoms with Crippen LogP contribution in [0.25, 0.3) is 0 Å². The zero-order chi connectivity index (χ0) is 13.2. The van der Waals surface area contributed by atoms with E-state index in [1.807, 2.05) is 29.2 Å². The summed E-state index contributed by atoms with van der Waals surface area (Å²) >= 11 is 0. The molecule has 2 N–H and O–H groups in total. The van der Waals surface area contributed by atoms with E-state index in [1.165, 1.54) is 0 Å². The predicted molar refractivity (Wildman–Crippen MR) is 74.1 cm³/mol. The first kappa shape index (κ1) is 12.5. The standard InChI is InChI=1S/C15H20N2O2/c18-10-11-5-7-17(8-6-11)15(19)13-9-16-14-4-2-1-3-12(13)14/h1-4,11,13,16,18H,5-10H2. The Morgan fingerprint density at radius 3 is 2.79 bits per heavy atom. The number of likely N-dealkylation sites (tertiary alicyclic amines) is 1. The molecular formula is C15H20N2O2. The van der Waals surface area contributed by atoms with Crippen molar-refractivity contribution in [2.75, 3.05) is 31.6 Å². The van der Waals surface area contributed by atoms with Gasteiger partial charge in [0, 0.05) is 31.9 Å². The quantitative estimate of drug-likeness (QED) is 0.845. The second-order valence-electron chi connectivity index (χ2n) is 5.47. The lowest BCUT2D eigenvalue weighted by Gasteiger charge is -2.32. The third-order valence-electron chi connectivity index (χ3n) is 4.32. The van der Waals surface area contributed by atoms with Gasteiger partial charge in [0.1, 0.15) is 0 Å². The molecule has 1 aromatic rings. The van der Waals surface area contributed by atoms with Crippen molar-refractivity contribution in [2.24, 2.45) is 5.92 Å². The number of anilines is 1. The Hall–Kier alpha value is -1.55. The van der Waals surface area contributed by atoms with Gasteiger partial charge in [0.25, 0.3) is 0 Å². The Labute approximate surface area is 113 Å². The number of nitrogens with zero attached hydrogens (tertiary/aromatic N) is 1.